The van der Waals surface area contributed by atoms with Gasteiger partial charge in [-0.1, -0.05) is 56.7 Å². The van der Waals surface area contributed by atoms with E-state index in [9.17, 15) is 17.7 Å². The second-order valence-corrected chi connectivity index (χ2v) is 11.7. The average molecular weight is 520 g/mol. The summed E-state index contributed by atoms with van der Waals surface area (Å²) < 4.78 is 53.9. The summed E-state index contributed by atoms with van der Waals surface area (Å²) >= 11 is 1.35. The van der Waals surface area contributed by atoms with Crippen molar-refractivity contribution in [1.82, 2.24) is 5.32 Å². The first kappa shape index (κ1) is 28.7. The van der Waals surface area contributed by atoms with Crippen LogP contribution in [0, 0.1) is 0 Å². The molecular formula is C24H33F3NO4PS. The SMILES string of the molecule is CC(C)(CCCCSc1ccc(CNCCCP(=O)(O)O)cc1OC(F)(F)F)c1ccccc1. The number of hydrogen-bond acceptors (Lipinski definition) is 4. The second-order valence-electron chi connectivity index (χ2n) is 8.80. The van der Waals surface area contributed by atoms with E-state index >= 15 is 0 Å². The van der Waals surface area contributed by atoms with Gasteiger partial charge in [0.05, 0.1) is 6.16 Å². The van der Waals surface area contributed by atoms with Crippen LogP contribution in [0.4, 0.5) is 13.2 Å². The topological polar surface area (TPSA) is 78.8 Å². The zero-order chi connectivity index (χ0) is 25.2. The van der Waals surface area contributed by atoms with Gasteiger partial charge in [-0.15, -0.1) is 24.9 Å². The molecule has 3 N–H and O–H groups in total. The molecule has 0 aliphatic rings. The van der Waals surface area contributed by atoms with E-state index in [0.717, 1.165) is 19.3 Å². The van der Waals surface area contributed by atoms with Gasteiger partial charge in [-0.2, -0.15) is 0 Å². The maximum Gasteiger partial charge on any atom is 0.573 e. The largest absolute Gasteiger partial charge is 0.573 e. The third-order valence-corrected chi connectivity index (χ3v) is 7.41. The van der Waals surface area contributed by atoms with Gasteiger partial charge >= 0.3 is 14.0 Å². The first-order valence-corrected chi connectivity index (χ1v) is 14.0. The second kappa shape index (κ2) is 13.0. The summed E-state index contributed by atoms with van der Waals surface area (Å²) in [5.74, 6) is 0.454. The molecule has 2 aromatic rings. The fourth-order valence-corrected chi connectivity index (χ4v) is 5.06. The minimum Gasteiger partial charge on any atom is -0.405 e. The van der Waals surface area contributed by atoms with Crippen molar-refractivity contribution in [3.05, 3.63) is 59.7 Å². The molecule has 0 unspecified atom stereocenters. The van der Waals surface area contributed by atoms with Gasteiger partial charge in [0, 0.05) is 11.4 Å². The average Bonchev–Trinajstić information content (AvgIpc) is 2.73. The summed E-state index contributed by atoms with van der Waals surface area (Å²) in [5, 5.41) is 2.98. The van der Waals surface area contributed by atoms with Crippen LogP contribution in [-0.4, -0.2) is 34.6 Å². The first-order chi connectivity index (χ1) is 15.9. The first-order valence-electron chi connectivity index (χ1n) is 11.2. The van der Waals surface area contributed by atoms with Crippen LogP contribution < -0.4 is 10.1 Å². The van der Waals surface area contributed by atoms with Crippen LogP contribution in [0.3, 0.4) is 0 Å². The van der Waals surface area contributed by atoms with Crippen LogP contribution in [0.5, 0.6) is 5.75 Å². The Hall–Kier alpha value is -1.51. The highest BCUT2D eigenvalue weighted by Gasteiger charge is 2.32. The molecule has 190 valence electrons. The molecule has 0 saturated heterocycles. The highest BCUT2D eigenvalue weighted by Crippen LogP contribution is 2.36. The normalized spacial score (nSPS) is 12.7. The van der Waals surface area contributed by atoms with Crippen molar-refractivity contribution in [2.45, 2.75) is 62.7 Å². The third kappa shape index (κ3) is 11.3. The molecule has 0 bridgehead atoms. The summed E-state index contributed by atoms with van der Waals surface area (Å²) in [4.78, 5) is 18.2. The highest BCUT2D eigenvalue weighted by atomic mass is 32.2. The van der Waals surface area contributed by atoms with Crippen molar-refractivity contribution < 1.29 is 32.3 Å². The van der Waals surface area contributed by atoms with Gasteiger partial charge in [0.1, 0.15) is 5.75 Å². The molecule has 0 saturated carbocycles. The van der Waals surface area contributed by atoms with Crippen LogP contribution in [0.1, 0.15) is 50.7 Å². The van der Waals surface area contributed by atoms with Crippen molar-refractivity contribution >= 4 is 19.4 Å². The Morgan fingerprint density at radius 1 is 1.03 bits per heavy atom. The summed E-state index contributed by atoms with van der Waals surface area (Å²) in [6.45, 7) is 5.01. The van der Waals surface area contributed by atoms with Crippen molar-refractivity contribution in [2.75, 3.05) is 18.5 Å². The van der Waals surface area contributed by atoms with Crippen molar-refractivity contribution in [2.24, 2.45) is 0 Å². The van der Waals surface area contributed by atoms with E-state index in [2.05, 4.69) is 36.0 Å². The van der Waals surface area contributed by atoms with Gasteiger partial charge in [-0.25, -0.2) is 0 Å². The van der Waals surface area contributed by atoms with E-state index in [1.165, 1.54) is 23.4 Å². The van der Waals surface area contributed by atoms with Crippen molar-refractivity contribution in [3.8, 4) is 5.75 Å². The van der Waals surface area contributed by atoms with Crippen LogP contribution >= 0.6 is 19.4 Å². The Bertz CT molecular complexity index is 936. The van der Waals surface area contributed by atoms with E-state index in [4.69, 9.17) is 9.79 Å². The van der Waals surface area contributed by atoms with Gasteiger partial charge in [-0.3, -0.25) is 4.57 Å². The van der Waals surface area contributed by atoms with Crippen LogP contribution in [-0.2, 0) is 16.5 Å². The molecule has 0 aliphatic carbocycles. The minimum atomic E-state index is -4.79. The number of alkyl halides is 3. The minimum absolute atomic E-state index is 0.0381. The quantitative estimate of drug-likeness (QED) is 0.151. The Morgan fingerprint density at radius 2 is 1.74 bits per heavy atom. The van der Waals surface area contributed by atoms with Crippen molar-refractivity contribution in [1.29, 1.82) is 0 Å². The van der Waals surface area contributed by atoms with Gasteiger partial charge in [0.25, 0.3) is 0 Å². The number of thioether (sulfide) groups is 1. The molecule has 0 heterocycles. The van der Waals surface area contributed by atoms with Gasteiger partial charge < -0.3 is 19.8 Å². The van der Waals surface area contributed by atoms with E-state index in [0.29, 0.717) is 22.8 Å². The molecule has 5 nitrogen and oxygen atoms in total. The monoisotopic (exact) mass is 519 g/mol. The smallest absolute Gasteiger partial charge is 0.405 e. The molecule has 2 aromatic carbocycles. The lowest BCUT2D eigenvalue weighted by atomic mass is 9.80. The Morgan fingerprint density at radius 3 is 2.38 bits per heavy atom. The summed E-state index contributed by atoms with van der Waals surface area (Å²) in [7, 11) is -4.04. The van der Waals surface area contributed by atoms with Crippen LogP contribution in [0.15, 0.2) is 53.4 Å². The predicted molar refractivity (Wildman–Crippen MR) is 130 cm³/mol. The molecule has 0 radical (unpaired) electrons. The lowest BCUT2D eigenvalue weighted by Gasteiger charge is -2.25. The Kier molecular flexibility index (Phi) is 11.0. The lowest BCUT2D eigenvalue weighted by Crippen LogP contribution is -2.19. The number of unbranched alkanes of at least 4 members (excludes halogenated alkanes) is 1. The van der Waals surface area contributed by atoms with E-state index in [1.807, 2.05) is 18.2 Å². The van der Waals surface area contributed by atoms with E-state index in [1.54, 1.807) is 12.1 Å². The zero-order valence-corrected chi connectivity index (χ0v) is 21.2. The maximum atomic E-state index is 12.9. The summed E-state index contributed by atoms with van der Waals surface area (Å²) in [6, 6.07) is 15.0. The van der Waals surface area contributed by atoms with Crippen LogP contribution in [0.2, 0.25) is 0 Å². The van der Waals surface area contributed by atoms with Gasteiger partial charge in [0.2, 0.25) is 0 Å². The summed E-state index contributed by atoms with van der Waals surface area (Å²) in [6.07, 6.45) is -1.94. The van der Waals surface area contributed by atoms with Gasteiger partial charge in [-0.05, 0) is 60.2 Å². The number of ether oxygens (including phenoxy) is 1. The van der Waals surface area contributed by atoms with E-state index in [-0.39, 0.29) is 30.3 Å². The molecule has 0 aliphatic heterocycles. The Balaban J connectivity index is 1.87. The fraction of sp³-hybridized carbons (Fsp3) is 0.500. The molecule has 34 heavy (non-hydrogen) atoms. The number of hydrogen-bond donors (Lipinski definition) is 3. The molecule has 0 aromatic heterocycles. The molecule has 0 atom stereocenters. The lowest BCUT2D eigenvalue weighted by molar-refractivity contribution is -0.275. The summed E-state index contributed by atoms with van der Waals surface area (Å²) in [5.41, 5.74) is 1.91. The number of rotatable bonds is 14. The standard InChI is InChI=1S/C24H33F3NO4PS/c1-23(2,20-9-4-3-5-10-20)13-6-7-16-34-22-12-11-19(17-21(22)32-24(25,26)27)18-28-14-8-15-33(29,30)31/h3-5,9-12,17,28H,6-8,13-16,18H2,1-2H3,(H2,29,30,31). The molecule has 2 rings (SSSR count). The number of benzene rings is 2. The van der Waals surface area contributed by atoms with Gasteiger partial charge in [0.15, 0.2) is 0 Å². The highest BCUT2D eigenvalue weighted by molar-refractivity contribution is 7.99. The molecular weight excluding hydrogens is 486 g/mol. The molecule has 0 fully saturated rings. The van der Waals surface area contributed by atoms with Crippen molar-refractivity contribution in [3.63, 3.8) is 0 Å². The molecule has 0 amide bonds. The van der Waals surface area contributed by atoms with E-state index < -0.39 is 14.0 Å². The Labute approximate surface area is 203 Å². The zero-order valence-electron chi connectivity index (χ0n) is 19.5. The predicted octanol–water partition coefficient (Wildman–Crippen LogP) is 6.48. The maximum absolute atomic E-state index is 12.9. The number of nitrogens with one attached hydrogen (secondary N) is 1. The third-order valence-electron chi connectivity index (χ3n) is 5.37. The fourth-order valence-electron chi connectivity index (χ4n) is 3.51. The molecule has 10 heteroatoms. The number of halogens is 3. The van der Waals surface area contributed by atoms with Crippen LogP contribution in [0.25, 0.3) is 0 Å². The molecule has 0 spiro atoms.